The lowest BCUT2D eigenvalue weighted by molar-refractivity contribution is 0.326. The molecule has 1 atom stereocenters. The van der Waals surface area contributed by atoms with Crippen molar-refractivity contribution >= 4 is 21.6 Å². The van der Waals surface area contributed by atoms with Crippen LogP contribution >= 0.6 is 11.3 Å². The largest absolute Gasteiger partial charge is 0.457 e. The summed E-state index contributed by atoms with van der Waals surface area (Å²) in [6, 6.07) is 12.9. The third-order valence-corrected chi connectivity index (χ3v) is 5.59. The van der Waals surface area contributed by atoms with Crippen molar-refractivity contribution in [2.75, 3.05) is 19.6 Å². The highest BCUT2D eigenvalue weighted by atomic mass is 32.1. The third-order valence-electron chi connectivity index (χ3n) is 4.54. The normalized spacial score (nSPS) is 18.6. The van der Waals surface area contributed by atoms with Gasteiger partial charge in [-0.3, -0.25) is 0 Å². The van der Waals surface area contributed by atoms with Gasteiger partial charge in [0.15, 0.2) is 10.8 Å². The number of likely N-dealkylation sites (tertiary alicyclic amines) is 1. The maximum atomic E-state index is 6.01. The van der Waals surface area contributed by atoms with Crippen LogP contribution in [0, 0.1) is 0 Å². The van der Waals surface area contributed by atoms with Gasteiger partial charge in [-0.2, -0.15) is 0 Å². The standard InChI is InChI=1S/C19H23N3OS/c1-2-10-22-11-9-14(13-22)20-12-15-7-8-17(23-15)19-21-16-5-3-4-6-18(16)24-19/h3-8,14,20H,2,9-13H2,1H3. The van der Waals surface area contributed by atoms with E-state index in [2.05, 4.69) is 34.3 Å². The smallest absolute Gasteiger partial charge is 0.163 e. The fourth-order valence-corrected chi connectivity index (χ4v) is 4.26. The first-order valence-electron chi connectivity index (χ1n) is 8.72. The molecule has 0 bridgehead atoms. The van der Waals surface area contributed by atoms with Crippen molar-refractivity contribution in [3.8, 4) is 10.8 Å². The lowest BCUT2D eigenvalue weighted by Gasteiger charge is -2.15. The molecular weight excluding hydrogens is 318 g/mol. The first-order valence-corrected chi connectivity index (χ1v) is 9.54. The second-order valence-electron chi connectivity index (χ2n) is 6.42. The van der Waals surface area contributed by atoms with Gasteiger partial charge in [0.2, 0.25) is 0 Å². The van der Waals surface area contributed by atoms with E-state index in [1.165, 1.54) is 30.6 Å². The molecule has 5 heteroatoms. The number of hydrogen-bond donors (Lipinski definition) is 1. The van der Waals surface area contributed by atoms with Crippen LogP contribution in [0.4, 0.5) is 0 Å². The molecule has 0 radical (unpaired) electrons. The van der Waals surface area contributed by atoms with Crippen molar-refractivity contribution in [3.05, 3.63) is 42.2 Å². The number of aromatic nitrogens is 1. The molecule has 1 unspecified atom stereocenters. The predicted molar refractivity (Wildman–Crippen MR) is 99.3 cm³/mol. The number of nitrogens with one attached hydrogen (secondary N) is 1. The van der Waals surface area contributed by atoms with E-state index in [9.17, 15) is 0 Å². The Kier molecular flexibility index (Phi) is 4.65. The molecule has 1 aliphatic heterocycles. The Morgan fingerprint density at radius 3 is 3.08 bits per heavy atom. The molecule has 24 heavy (non-hydrogen) atoms. The lowest BCUT2D eigenvalue weighted by atomic mass is 10.2. The highest BCUT2D eigenvalue weighted by Gasteiger charge is 2.21. The van der Waals surface area contributed by atoms with Gasteiger partial charge in [-0.15, -0.1) is 11.3 Å². The van der Waals surface area contributed by atoms with Gasteiger partial charge in [0.25, 0.3) is 0 Å². The van der Waals surface area contributed by atoms with Gasteiger partial charge in [-0.05, 0) is 50.2 Å². The first-order chi connectivity index (χ1) is 11.8. The molecule has 4 nitrogen and oxygen atoms in total. The second kappa shape index (κ2) is 7.05. The lowest BCUT2D eigenvalue weighted by Crippen LogP contribution is -2.32. The van der Waals surface area contributed by atoms with Gasteiger partial charge < -0.3 is 14.6 Å². The van der Waals surface area contributed by atoms with Gasteiger partial charge in [0, 0.05) is 12.6 Å². The van der Waals surface area contributed by atoms with Crippen molar-refractivity contribution in [1.82, 2.24) is 15.2 Å². The summed E-state index contributed by atoms with van der Waals surface area (Å²) in [5.41, 5.74) is 1.04. The van der Waals surface area contributed by atoms with Gasteiger partial charge in [-0.1, -0.05) is 19.1 Å². The number of furan rings is 1. The molecule has 1 aliphatic rings. The van der Waals surface area contributed by atoms with Crippen molar-refractivity contribution in [1.29, 1.82) is 0 Å². The summed E-state index contributed by atoms with van der Waals surface area (Å²) < 4.78 is 7.20. The van der Waals surface area contributed by atoms with E-state index in [1.807, 2.05) is 24.3 Å². The molecule has 2 aromatic heterocycles. The molecular formula is C19H23N3OS. The van der Waals surface area contributed by atoms with Crippen LogP contribution in [0.1, 0.15) is 25.5 Å². The molecule has 1 aromatic carbocycles. The molecule has 4 rings (SSSR count). The maximum absolute atomic E-state index is 6.01. The molecule has 3 heterocycles. The molecule has 126 valence electrons. The SMILES string of the molecule is CCCN1CCC(NCc2ccc(-c3nc4ccccc4s3)o2)C1. The summed E-state index contributed by atoms with van der Waals surface area (Å²) >= 11 is 1.68. The van der Waals surface area contributed by atoms with Crippen LogP contribution in [0.15, 0.2) is 40.8 Å². The quantitative estimate of drug-likeness (QED) is 0.732. The summed E-state index contributed by atoms with van der Waals surface area (Å²) in [6.07, 6.45) is 2.46. The van der Waals surface area contributed by atoms with Gasteiger partial charge in [0.1, 0.15) is 5.76 Å². The van der Waals surface area contributed by atoms with Crippen molar-refractivity contribution in [2.45, 2.75) is 32.4 Å². The van der Waals surface area contributed by atoms with Crippen LogP contribution in [-0.4, -0.2) is 35.6 Å². The van der Waals surface area contributed by atoms with E-state index in [1.54, 1.807) is 11.3 Å². The molecule has 0 aliphatic carbocycles. The molecule has 0 amide bonds. The van der Waals surface area contributed by atoms with Crippen LogP contribution in [0.2, 0.25) is 0 Å². The average molecular weight is 341 g/mol. The minimum Gasteiger partial charge on any atom is -0.457 e. The second-order valence-corrected chi connectivity index (χ2v) is 7.45. The Hall–Kier alpha value is -1.69. The van der Waals surface area contributed by atoms with Crippen molar-refractivity contribution < 1.29 is 4.42 Å². The zero-order valence-electron chi connectivity index (χ0n) is 14.0. The summed E-state index contributed by atoms with van der Waals surface area (Å²) in [4.78, 5) is 7.20. The van der Waals surface area contributed by atoms with Crippen molar-refractivity contribution in [2.24, 2.45) is 0 Å². The summed E-state index contributed by atoms with van der Waals surface area (Å²) in [5.74, 6) is 1.85. The van der Waals surface area contributed by atoms with Crippen LogP contribution < -0.4 is 5.32 Å². The van der Waals surface area contributed by atoms with Crippen LogP contribution in [0.5, 0.6) is 0 Å². The highest BCUT2D eigenvalue weighted by molar-refractivity contribution is 7.21. The van der Waals surface area contributed by atoms with Gasteiger partial charge >= 0.3 is 0 Å². The Morgan fingerprint density at radius 1 is 1.29 bits per heavy atom. The zero-order chi connectivity index (χ0) is 16.4. The Balaban J connectivity index is 1.38. The Labute approximate surface area is 146 Å². The topological polar surface area (TPSA) is 41.3 Å². The number of hydrogen-bond acceptors (Lipinski definition) is 5. The number of para-hydroxylation sites is 1. The van der Waals surface area contributed by atoms with E-state index < -0.39 is 0 Å². The summed E-state index contributed by atoms with van der Waals surface area (Å²) in [7, 11) is 0. The fourth-order valence-electron chi connectivity index (χ4n) is 3.33. The average Bonchev–Trinajstić information content (AvgIpc) is 3.32. The number of nitrogens with zero attached hydrogens (tertiary/aromatic N) is 2. The Morgan fingerprint density at radius 2 is 2.21 bits per heavy atom. The fraction of sp³-hybridized carbons (Fsp3) is 0.421. The molecule has 1 saturated heterocycles. The number of benzene rings is 1. The van der Waals surface area contributed by atoms with Crippen molar-refractivity contribution in [3.63, 3.8) is 0 Å². The first kappa shape index (κ1) is 15.8. The number of fused-ring (bicyclic) bond motifs is 1. The Bertz CT molecular complexity index is 777. The maximum Gasteiger partial charge on any atom is 0.163 e. The number of thiazole rings is 1. The summed E-state index contributed by atoms with van der Waals surface area (Å²) in [6.45, 7) is 6.60. The van der Waals surface area contributed by atoms with Crippen LogP contribution in [0.25, 0.3) is 21.0 Å². The van der Waals surface area contributed by atoms with E-state index in [4.69, 9.17) is 4.42 Å². The molecule has 1 fully saturated rings. The van der Waals surface area contributed by atoms with Crippen LogP contribution in [0.3, 0.4) is 0 Å². The van der Waals surface area contributed by atoms with E-state index >= 15 is 0 Å². The zero-order valence-corrected chi connectivity index (χ0v) is 14.8. The monoisotopic (exact) mass is 341 g/mol. The molecule has 0 saturated carbocycles. The molecule has 3 aromatic rings. The highest BCUT2D eigenvalue weighted by Crippen LogP contribution is 2.31. The minimum atomic E-state index is 0.576. The van der Waals surface area contributed by atoms with Gasteiger partial charge in [0.05, 0.1) is 16.8 Å². The van der Waals surface area contributed by atoms with E-state index in [0.717, 1.165) is 35.1 Å². The molecule has 1 N–H and O–H groups in total. The minimum absolute atomic E-state index is 0.576. The molecule has 0 spiro atoms. The summed E-state index contributed by atoms with van der Waals surface area (Å²) in [5, 5.41) is 4.58. The van der Waals surface area contributed by atoms with E-state index in [-0.39, 0.29) is 0 Å². The van der Waals surface area contributed by atoms with Crippen LogP contribution in [-0.2, 0) is 6.54 Å². The van der Waals surface area contributed by atoms with E-state index in [0.29, 0.717) is 6.04 Å². The number of rotatable bonds is 6. The predicted octanol–water partition coefficient (Wildman–Crippen LogP) is 4.13. The van der Waals surface area contributed by atoms with Gasteiger partial charge in [-0.25, -0.2) is 4.98 Å². The third kappa shape index (κ3) is 3.38.